The molecule has 178 valence electrons. The van der Waals surface area contributed by atoms with Gasteiger partial charge in [-0.1, -0.05) is 0 Å². The van der Waals surface area contributed by atoms with Gasteiger partial charge in [0.25, 0.3) is 0 Å². The zero-order valence-electron chi connectivity index (χ0n) is 20.2. The molecule has 2 aliphatic heterocycles. The first-order valence-electron chi connectivity index (χ1n) is 11.8. The SMILES string of the molecule is CC/C=C1\c2cc(Cl)ccc2-n2cbc(C3=NC(c4ccccc4)CO3)c2CN1C(COC)=NC. The minimum absolute atomic E-state index is 0.00784. The summed E-state index contributed by atoms with van der Waals surface area (Å²) in [5.41, 5.74) is 6.40. The molecular formula is C27H28BClN4O2. The van der Waals surface area contributed by atoms with Gasteiger partial charge in [0.15, 0.2) is 0 Å². The average molecular weight is 487 g/mol. The van der Waals surface area contributed by atoms with Gasteiger partial charge in [-0.05, 0) is 0 Å². The van der Waals surface area contributed by atoms with Crippen LogP contribution in [0.1, 0.15) is 41.7 Å². The van der Waals surface area contributed by atoms with Crippen LogP contribution in [0.5, 0.6) is 0 Å². The van der Waals surface area contributed by atoms with Crippen LogP contribution in [0.4, 0.5) is 0 Å². The number of benzene rings is 2. The van der Waals surface area contributed by atoms with Gasteiger partial charge in [0.05, 0.1) is 0 Å². The summed E-state index contributed by atoms with van der Waals surface area (Å²) < 4.78 is 13.9. The van der Waals surface area contributed by atoms with Crippen LogP contribution in [0.2, 0.25) is 5.02 Å². The molecule has 0 amide bonds. The molecule has 0 radical (unpaired) electrons. The molecule has 0 N–H and O–H groups in total. The van der Waals surface area contributed by atoms with Gasteiger partial charge in [0.2, 0.25) is 0 Å². The van der Waals surface area contributed by atoms with Gasteiger partial charge < -0.3 is 0 Å². The van der Waals surface area contributed by atoms with Crippen molar-refractivity contribution in [3.8, 4) is 5.69 Å². The van der Waals surface area contributed by atoms with Crippen LogP contribution in [-0.2, 0) is 16.0 Å². The second-order valence-corrected chi connectivity index (χ2v) is 8.97. The van der Waals surface area contributed by atoms with Crippen LogP contribution >= 0.6 is 11.6 Å². The minimum atomic E-state index is -0.00784. The Labute approximate surface area is 211 Å². The van der Waals surface area contributed by atoms with Crippen molar-refractivity contribution in [2.24, 2.45) is 9.98 Å². The zero-order valence-corrected chi connectivity index (χ0v) is 21.0. The van der Waals surface area contributed by atoms with Gasteiger partial charge in [-0.25, -0.2) is 0 Å². The van der Waals surface area contributed by atoms with Crippen LogP contribution in [0.25, 0.3) is 11.4 Å². The van der Waals surface area contributed by atoms with Crippen molar-refractivity contribution in [2.45, 2.75) is 25.9 Å². The van der Waals surface area contributed by atoms with Crippen LogP contribution in [0.3, 0.4) is 0 Å². The van der Waals surface area contributed by atoms with Gasteiger partial charge in [-0.15, -0.1) is 0 Å². The third-order valence-corrected chi connectivity index (χ3v) is 6.63. The monoisotopic (exact) mass is 486 g/mol. The van der Waals surface area contributed by atoms with Gasteiger partial charge in [-0.3, -0.25) is 0 Å². The number of fused-ring (bicyclic) bond motifs is 3. The molecule has 2 aromatic carbocycles. The molecule has 3 heterocycles. The summed E-state index contributed by atoms with van der Waals surface area (Å²) >= 11 is 6.48. The number of amidine groups is 1. The number of ether oxygens (including phenoxy) is 2. The molecule has 2 aliphatic rings. The summed E-state index contributed by atoms with van der Waals surface area (Å²) in [5.74, 6) is 1.52. The first-order valence-corrected chi connectivity index (χ1v) is 12.2. The molecule has 0 saturated heterocycles. The normalized spacial score (nSPS) is 18.6. The molecule has 1 aromatic heterocycles. The summed E-state index contributed by atoms with van der Waals surface area (Å²) in [6.45, 7) is 5.75. The summed E-state index contributed by atoms with van der Waals surface area (Å²) in [4.78, 5) is 11.8. The van der Waals surface area contributed by atoms with Gasteiger partial charge >= 0.3 is 212 Å². The number of allylic oxidation sites excluding steroid dienone is 1. The van der Waals surface area contributed by atoms with Crippen molar-refractivity contribution in [2.75, 3.05) is 27.4 Å². The van der Waals surface area contributed by atoms with Crippen LogP contribution in [0.15, 0.2) is 70.7 Å². The van der Waals surface area contributed by atoms with E-state index in [1.807, 2.05) is 30.3 Å². The van der Waals surface area contributed by atoms with Crippen LogP contribution in [0, 0.1) is 0 Å². The predicted octanol–water partition coefficient (Wildman–Crippen LogP) is 5.23. The number of methoxy groups -OCH3 is 1. The Bertz CT molecular complexity index is 1320. The predicted molar refractivity (Wildman–Crippen MR) is 143 cm³/mol. The molecule has 0 aliphatic carbocycles. The summed E-state index contributed by atoms with van der Waals surface area (Å²) in [5, 5.41) is 0.692. The second-order valence-electron chi connectivity index (χ2n) is 8.54. The van der Waals surface area contributed by atoms with Crippen molar-refractivity contribution in [3.05, 3.63) is 88.0 Å². The van der Waals surface area contributed by atoms with E-state index in [2.05, 4.69) is 58.7 Å². The Kier molecular flexibility index (Phi) is 6.89. The number of hydrogen-bond acceptors (Lipinski definition) is 4. The molecule has 0 spiro atoms. The van der Waals surface area contributed by atoms with Crippen molar-refractivity contribution >= 4 is 35.9 Å². The summed E-state index contributed by atoms with van der Waals surface area (Å²) in [6.07, 6.45) is 5.18. The van der Waals surface area contributed by atoms with Crippen molar-refractivity contribution in [1.29, 1.82) is 0 Å². The van der Waals surface area contributed by atoms with E-state index in [9.17, 15) is 0 Å². The Morgan fingerprint density at radius 1 is 1.29 bits per heavy atom. The van der Waals surface area contributed by atoms with Gasteiger partial charge in [0, 0.05) is 0 Å². The number of aromatic nitrogens is 1. The topological polar surface area (TPSA) is 51.3 Å². The maximum atomic E-state index is 6.48. The van der Waals surface area contributed by atoms with Crippen molar-refractivity contribution in [1.82, 2.24) is 9.47 Å². The molecule has 0 fully saturated rings. The van der Waals surface area contributed by atoms with Crippen LogP contribution in [-0.4, -0.2) is 55.5 Å². The maximum absolute atomic E-state index is 6.48. The fourth-order valence-electron chi connectivity index (χ4n) is 4.75. The van der Waals surface area contributed by atoms with Crippen molar-refractivity contribution in [3.63, 3.8) is 0 Å². The van der Waals surface area contributed by atoms with E-state index in [1.165, 1.54) is 0 Å². The number of aliphatic imine (C=N–C) groups is 2. The first-order chi connectivity index (χ1) is 17.1. The molecule has 0 saturated carbocycles. The number of rotatable bonds is 5. The summed E-state index contributed by atoms with van der Waals surface area (Å²) in [6, 6.07) is 16.3. The average Bonchev–Trinajstić information content (AvgIpc) is 3.50. The molecule has 35 heavy (non-hydrogen) atoms. The van der Waals surface area contributed by atoms with Crippen molar-refractivity contribution < 1.29 is 9.47 Å². The standard InChI is InChI=1S/C27H28BClN4O2/c1-4-8-22-20-13-19(29)11-12-23(20)33-17-28-26(24(33)14-32(22)25(30-2)16-34-3)27-31-21(15-35-27)18-9-6-5-7-10-18/h5-13,17,21H,4,14-16H2,1-3H3/b22-8+,30-25?. The Hall–Kier alpha value is -3.16. The zero-order chi connectivity index (χ0) is 24.4. The van der Waals surface area contributed by atoms with Gasteiger partial charge in [-0.2, -0.15) is 0 Å². The van der Waals surface area contributed by atoms with E-state index in [-0.39, 0.29) is 6.04 Å². The van der Waals surface area contributed by atoms with E-state index >= 15 is 0 Å². The first kappa shape index (κ1) is 23.6. The molecule has 5 rings (SSSR count). The molecule has 3 aromatic rings. The molecule has 1 unspecified atom stereocenters. The number of hydrogen-bond donors (Lipinski definition) is 0. The Balaban J connectivity index is 1.65. The fraction of sp³-hybridized carbons (Fsp3) is 0.296. The number of halogens is 1. The Morgan fingerprint density at radius 3 is 2.86 bits per heavy atom. The quantitative estimate of drug-likeness (QED) is 0.367. The molecule has 1 atom stereocenters. The van der Waals surface area contributed by atoms with Crippen LogP contribution < -0.4 is 0 Å². The van der Waals surface area contributed by atoms with E-state index in [1.54, 1.807) is 14.2 Å². The van der Waals surface area contributed by atoms with E-state index < -0.39 is 0 Å². The molecular weight excluding hydrogens is 459 g/mol. The molecule has 0 bridgehead atoms. The van der Waals surface area contributed by atoms with Gasteiger partial charge in [0.1, 0.15) is 0 Å². The second kappa shape index (κ2) is 10.2. The summed E-state index contributed by atoms with van der Waals surface area (Å²) in [7, 11) is 3.49. The number of nitrogens with zero attached hydrogens (tertiary/aromatic N) is 4. The third kappa shape index (κ3) is 4.46. The Morgan fingerprint density at radius 2 is 2.11 bits per heavy atom. The molecule has 6 nitrogen and oxygen atoms in total. The van der Waals surface area contributed by atoms with E-state index in [0.717, 1.165) is 45.9 Å². The third-order valence-electron chi connectivity index (χ3n) is 6.39. The molecule has 8 heteroatoms. The fourth-order valence-corrected chi connectivity index (χ4v) is 4.93. The van der Waals surface area contributed by atoms with E-state index in [0.29, 0.717) is 30.7 Å². The van der Waals surface area contributed by atoms with E-state index in [4.69, 9.17) is 26.1 Å².